The quantitative estimate of drug-likeness (QED) is 0.895. The first-order valence-corrected chi connectivity index (χ1v) is 7.13. The van der Waals surface area contributed by atoms with Gasteiger partial charge in [0.05, 0.1) is 18.8 Å². The summed E-state index contributed by atoms with van der Waals surface area (Å²) in [6.45, 7) is 3.76. The number of hydrogen-bond acceptors (Lipinski definition) is 4. The van der Waals surface area contributed by atoms with Crippen molar-refractivity contribution in [2.75, 3.05) is 13.7 Å². The largest absolute Gasteiger partial charge is 0.495 e. The molecule has 0 saturated carbocycles. The van der Waals surface area contributed by atoms with Crippen molar-refractivity contribution in [2.24, 2.45) is 0 Å². The van der Waals surface area contributed by atoms with Crippen molar-refractivity contribution in [3.05, 3.63) is 29.3 Å². The lowest BCUT2D eigenvalue weighted by Crippen LogP contribution is -2.31. The summed E-state index contributed by atoms with van der Waals surface area (Å²) in [5.74, 6) is 0.635. The lowest BCUT2D eigenvalue weighted by molar-refractivity contribution is 0.130. The third-order valence-corrected chi connectivity index (χ3v) is 3.88. The van der Waals surface area contributed by atoms with E-state index in [1.807, 2.05) is 25.1 Å². The van der Waals surface area contributed by atoms with Crippen molar-refractivity contribution in [1.29, 1.82) is 5.26 Å². The summed E-state index contributed by atoms with van der Waals surface area (Å²) in [5, 5.41) is 18.6. The van der Waals surface area contributed by atoms with Crippen LogP contribution in [0, 0.1) is 11.3 Å². The van der Waals surface area contributed by atoms with Gasteiger partial charge in [0.15, 0.2) is 0 Å². The van der Waals surface area contributed by atoms with Gasteiger partial charge in [0.2, 0.25) is 0 Å². The first kappa shape index (κ1) is 14.8. The van der Waals surface area contributed by atoms with Crippen LogP contribution in [0.25, 0.3) is 0 Å². The molecular formula is C16H22N2O2. The van der Waals surface area contributed by atoms with Crippen LogP contribution in [0.5, 0.6) is 5.75 Å². The van der Waals surface area contributed by atoms with Crippen LogP contribution in [-0.4, -0.2) is 35.8 Å². The Morgan fingerprint density at radius 2 is 2.35 bits per heavy atom. The van der Waals surface area contributed by atoms with E-state index in [0.717, 1.165) is 31.5 Å². The molecule has 1 N–H and O–H groups in total. The van der Waals surface area contributed by atoms with Gasteiger partial charge in [-0.05, 0) is 50.4 Å². The Balaban J connectivity index is 2.08. The third-order valence-electron chi connectivity index (χ3n) is 3.88. The molecule has 1 saturated heterocycles. The summed E-state index contributed by atoms with van der Waals surface area (Å²) in [6, 6.07) is 8.32. The van der Waals surface area contributed by atoms with Crippen LogP contribution in [0.4, 0.5) is 0 Å². The zero-order valence-electron chi connectivity index (χ0n) is 12.2. The molecule has 4 nitrogen and oxygen atoms in total. The molecule has 0 bridgehead atoms. The van der Waals surface area contributed by atoms with Crippen LogP contribution in [-0.2, 0) is 6.54 Å². The van der Waals surface area contributed by atoms with Crippen molar-refractivity contribution in [3.63, 3.8) is 0 Å². The zero-order valence-corrected chi connectivity index (χ0v) is 12.2. The Bertz CT molecular complexity index is 494. The molecule has 2 atom stereocenters. The minimum atomic E-state index is -0.254. The SMILES string of the molecule is COc1cc(CN2CCCC2CC(C)O)ccc1C#N. The average molecular weight is 274 g/mol. The Morgan fingerprint density at radius 3 is 3.00 bits per heavy atom. The van der Waals surface area contributed by atoms with Crippen molar-refractivity contribution < 1.29 is 9.84 Å². The second-order valence-electron chi connectivity index (χ2n) is 5.50. The number of aliphatic hydroxyl groups excluding tert-OH is 1. The van der Waals surface area contributed by atoms with Gasteiger partial charge in [-0.25, -0.2) is 0 Å². The second-order valence-corrected chi connectivity index (χ2v) is 5.50. The van der Waals surface area contributed by atoms with Crippen molar-refractivity contribution in [2.45, 2.75) is 44.9 Å². The van der Waals surface area contributed by atoms with E-state index >= 15 is 0 Å². The van der Waals surface area contributed by atoms with E-state index in [4.69, 9.17) is 10.00 Å². The van der Waals surface area contributed by atoms with E-state index in [-0.39, 0.29) is 6.10 Å². The fourth-order valence-electron chi connectivity index (χ4n) is 2.92. The second kappa shape index (κ2) is 6.74. The highest BCUT2D eigenvalue weighted by Crippen LogP contribution is 2.26. The fourth-order valence-corrected chi connectivity index (χ4v) is 2.92. The van der Waals surface area contributed by atoms with Crippen molar-refractivity contribution >= 4 is 0 Å². The van der Waals surface area contributed by atoms with Crippen LogP contribution in [0.15, 0.2) is 18.2 Å². The number of ether oxygens (including phenoxy) is 1. The topological polar surface area (TPSA) is 56.5 Å². The summed E-state index contributed by atoms with van der Waals surface area (Å²) in [6.07, 6.45) is 2.91. The van der Waals surface area contributed by atoms with Gasteiger partial charge in [0.1, 0.15) is 11.8 Å². The Morgan fingerprint density at radius 1 is 1.55 bits per heavy atom. The first-order chi connectivity index (χ1) is 9.63. The van der Waals surface area contributed by atoms with Crippen LogP contribution in [0.2, 0.25) is 0 Å². The molecule has 0 radical (unpaired) electrons. The third kappa shape index (κ3) is 3.50. The van der Waals surface area contributed by atoms with Crippen LogP contribution in [0.3, 0.4) is 0 Å². The van der Waals surface area contributed by atoms with E-state index < -0.39 is 0 Å². The zero-order chi connectivity index (χ0) is 14.5. The molecule has 4 heteroatoms. The van der Waals surface area contributed by atoms with E-state index in [0.29, 0.717) is 17.4 Å². The minimum absolute atomic E-state index is 0.254. The normalized spacial score (nSPS) is 20.6. The Labute approximate surface area is 120 Å². The van der Waals surface area contributed by atoms with Crippen LogP contribution in [0.1, 0.15) is 37.3 Å². The highest BCUT2D eigenvalue weighted by Gasteiger charge is 2.25. The number of methoxy groups -OCH3 is 1. The first-order valence-electron chi connectivity index (χ1n) is 7.13. The summed E-state index contributed by atoms with van der Waals surface area (Å²) < 4.78 is 5.25. The van der Waals surface area contributed by atoms with E-state index in [9.17, 15) is 5.11 Å². The summed E-state index contributed by atoms with van der Waals surface area (Å²) >= 11 is 0. The highest BCUT2D eigenvalue weighted by atomic mass is 16.5. The number of hydrogen-bond donors (Lipinski definition) is 1. The molecule has 2 rings (SSSR count). The number of aliphatic hydroxyl groups is 1. The molecule has 108 valence electrons. The standard InChI is InChI=1S/C16H22N2O2/c1-12(19)8-15-4-3-7-18(15)11-13-5-6-14(10-17)16(9-13)20-2/h5-6,9,12,15,19H,3-4,7-8,11H2,1-2H3. The molecule has 0 amide bonds. The maximum absolute atomic E-state index is 9.56. The summed E-state index contributed by atoms with van der Waals surface area (Å²) in [4.78, 5) is 2.41. The predicted molar refractivity (Wildman–Crippen MR) is 77.4 cm³/mol. The molecule has 1 aromatic rings. The van der Waals surface area contributed by atoms with E-state index in [2.05, 4.69) is 11.0 Å². The molecule has 1 fully saturated rings. The van der Waals surface area contributed by atoms with Gasteiger partial charge in [-0.2, -0.15) is 5.26 Å². The van der Waals surface area contributed by atoms with Gasteiger partial charge < -0.3 is 9.84 Å². The molecule has 1 aromatic carbocycles. The van der Waals surface area contributed by atoms with E-state index in [1.54, 1.807) is 7.11 Å². The summed E-state index contributed by atoms with van der Waals surface area (Å²) in [5.41, 5.74) is 1.72. The van der Waals surface area contributed by atoms with Gasteiger partial charge in [0, 0.05) is 12.6 Å². The molecule has 20 heavy (non-hydrogen) atoms. The highest BCUT2D eigenvalue weighted by molar-refractivity contribution is 5.45. The molecular weight excluding hydrogens is 252 g/mol. The Kier molecular flexibility index (Phi) is 4.99. The van der Waals surface area contributed by atoms with Crippen LogP contribution >= 0.6 is 0 Å². The average Bonchev–Trinajstić information content (AvgIpc) is 2.85. The Hall–Kier alpha value is -1.57. The number of benzene rings is 1. The lowest BCUT2D eigenvalue weighted by Gasteiger charge is -2.25. The van der Waals surface area contributed by atoms with Crippen molar-refractivity contribution in [3.8, 4) is 11.8 Å². The monoisotopic (exact) mass is 274 g/mol. The lowest BCUT2D eigenvalue weighted by atomic mass is 10.1. The van der Waals surface area contributed by atoms with Gasteiger partial charge >= 0.3 is 0 Å². The maximum Gasteiger partial charge on any atom is 0.136 e. The fraction of sp³-hybridized carbons (Fsp3) is 0.562. The number of rotatable bonds is 5. The molecule has 0 aliphatic carbocycles. The molecule has 1 aliphatic rings. The predicted octanol–water partition coefficient (Wildman–Crippen LogP) is 2.30. The van der Waals surface area contributed by atoms with Gasteiger partial charge in [-0.1, -0.05) is 6.07 Å². The molecule has 0 spiro atoms. The van der Waals surface area contributed by atoms with Gasteiger partial charge in [0.25, 0.3) is 0 Å². The molecule has 1 aliphatic heterocycles. The maximum atomic E-state index is 9.56. The van der Waals surface area contributed by atoms with Crippen LogP contribution < -0.4 is 4.74 Å². The smallest absolute Gasteiger partial charge is 0.136 e. The van der Waals surface area contributed by atoms with Gasteiger partial charge in [-0.3, -0.25) is 4.90 Å². The number of likely N-dealkylation sites (tertiary alicyclic amines) is 1. The van der Waals surface area contributed by atoms with E-state index in [1.165, 1.54) is 6.42 Å². The van der Waals surface area contributed by atoms with Crippen molar-refractivity contribution in [1.82, 2.24) is 4.90 Å². The number of nitrogens with zero attached hydrogens (tertiary/aromatic N) is 2. The number of nitriles is 1. The van der Waals surface area contributed by atoms with Gasteiger partial charge in [-0.15, -0.1) is 0 Å². The minimum Gasteiger partial charge on any atom is -0.495 e. The molecule has 2 unspecified atom stereocenters. The summed E-state index contributed by atoms with van der Waals surface area (Å²) in [7, 11) is 1.59. The molecule has 1 heterocycles. The molecule has 0 aromatic heterocycles.